The first-order valence-corrected chi connectivity index (χ1v) is 6.83. The summed E-state index contributed by atoms with van der Waals surface area (Å²) in [5.74, 6) is -2.03. The molecule has 0 unspecified atom stereocenters. The third kappa shape index (κ3) is 2.93. The summed E-state index contributed by atoms with van der Waals surface area (Å²) in [6.45, 7) is 2.29. The van der Waals surface area contributed by atoms with Crippen LogP contribution >= 0.6 is 11.3 Å². The van der Waals surface area contributed by atoms with Gasteiger partial charge in [-0.25, -0.2) is 4.39 Å². The third-order valence-electron chi connectivity index (χ3n) is 2.87. The van der Waals surface area contributed by atoms with Crippen LogP contribution in [0.3, 0.4) is 0 Å². The van der Waals surface area contributed by atoms with Crippen LogP contribution in [0.4, 0.5) is 20.2 Å². The second-order valence-corrected chi connectivity index (χ2v) is 5.12. The number of nitro benzene ring substituents is 1. The van der Waals surface area contributed by atoms with Crippen LogP contribution in [0.2, 0.25) is 0 Å². The minimum absolute atomic E-state index is 0.150. The molecule has 20 heavy (non-hydrogen) atoms. The van der Waals surface area contributed by atoms with Crippen LogP contribution in [0.15, 0.2) is 23.6 Å². The highest BCUT2D eigenvalue weighted by Crippen LogP contribution is 2.30. The van der Waals surface area contributed by atoms with Gasteiger partial charge in [0.15, 0.2) is 0 Å². The molecule has 1 aromatic heterocycles. The summed E-state index contributed by atoms with van der Waals surface area (Å²) < 4.78 is 26.6. The van der Waals surface area contributed by atoms with Crippen molar-refractivity contribution in [1.29, 1.82) is 0 Å². The van der Waals surface area contributed by atoms with Crippen LogP contribution in [0, 0.1) is 21.7 Å². The number of nitrogens with one attached hydrogen (secondary N) is 1. The summed E-state index contributed by atoms with van der Waals surface area (Å²) in [6.07, 6.45) is 0.833. The SMILES string of the molecule is CCc1ccsc1CNc1cc(F)cc(F)c1[N+](=O)[O-]. The Kier molecular flexibility index (Phi) is 4.29. The van der Waals surface area contributed by atoms with Crippen LogP contribution in [-0.4, -0.2) is 4.92 Å². The van der Waals surface area contributed by atoms with Crippen molar-refractivity contribution in [1.82, 2.24) is 0 Å². The van der Waals surface area contributed by atoms with Crippen molar-refractivity contribution >= 4 is 22.7 Å². The van der Waals surface area contributed by atoms with Gasteiger partial charge in [0, 0.05) is 23.6 Å². The van der Waals surface area contributed by atoms with Gasteiger partial charge in [0.25, 0.3) is 0 Å². The molecule has 2 rings (SSSR count). The van der Waals surface area contributed by atoms with E-state index in [1.807, 2.05) is 18.4 Å². The predicted molar refractivity (Wildman–Crippen MR) is 74.0 cm³/mol. The topological polar surface area (TPSA) is 55.2 Å². The van der Waals surface area contributed by atoms with Crippen molar-refractivity contribution < 1.29 is 13.7 Å². The molecule has 0 saturated heterocycles. The monoisotopic (exact) mass is 298 g/mol. The molecule has 2 aromatic rings. The number of anilines is 1. The van der Waals surface area contributed by atoms with E-state index in [1.165, 1.54) is 11.3 Å². The maximum absolute atomic E-state index is 13.5. The van der Waals surface area contributed by atoms with E-state index in [2.05, 4.69) is 5.32 Å². The van der Waals surface area contributed by atoms with Gasteiger partial charge in [0.2, 0.25) is 5.82 Å². The zero-order chi connectivity index (χ0) is 14.7. The minimum atomic E-state index is -1.18. The van der Waals surface area contributed by atoms with Gasteiger partial charge < -0.3 is 5.32 Å². The third-order valence-corrected chi connectivity index (χ3v) is 3.83. The average Bonchev–Trinajstić information content (AvgIpc) is 2.82. The Morgan fingerprint density at radius 1 is 1.40 bits per heavy atom. The molecule has 0 aliphatic heterocycles. The molecule has 0 aliphatic carbocycles. The lowest BCUT2D eigenvalue weighted by atomic mass is 10.2. The highest BCUT2D eigenvalue weighted by Gasteiger charge is 2.22. The minimum Gasteiger partial charge on any atom is -0.374 e. The number of benzene rings is 1. The van der Waals surface area contributed by atoms with E-state index in [1.54, 1.807) is 0 Å². The molecule has 4 nitrogen and oxygen atoms in total. The number of thiophene rings is 1. The van der Waals surface area contributed by atoms with E-state index in [0.717, 1.165) is 22.9 Å². The lowest BCUT2D eigenvalue weighted by molar-refractivity contribution is -0.386. The van der Waals surface area contributed by atoms with E-state index < -0.39 is 22.2 Å². The van der Waals surface area contributed by atoms with Crippen LogP contribution < -0.4 is 5.32 Å². The Morgan fingerprint density at radius 2 is 2.15 bits per heavy atom. The number of nitrogens with zero attached hydrogens (tertiary/aromatic N) is 1. The van der Waals surface area contributed by atoms with Gasteiger partial charge in [0.05, 0.1) is 4.92 Å². The zero-order valence-corrected chi connectivity index (χ0v) is 11.5. The molecule has 1 N–H and O–H groups in total. The smallest absolute Gasteiger partial charge is 0.327 e. The molecule has 1 aromatic carbocycles. The maximum Gasteiger partial charge on any atom is 0.327 e. The van der Waals surface area contributed by atoms with Gasteiger partial charge in [-0.3, -0.25) is 10.1 Å². The van der Waals surface area contributed by atoms with Crippen molar-refractivity contribution in [2.75, 3.05) is 5.32 Å². The number of aryl methyl sites for hydroxylation is 1. The van der Waals surface area contributed by atoms with Crippen molar-refractivity contribution in [3.05, 3.63) is 55.8 Å². The Morgan fingerprint density at radius 3 is 2.80 bits per heavy atom. The second kappa shape index (κ2) is 5.96. The molecule has 0 amide bonds. The normalized spacial score (nSPS) is 10.6. The Hall–Kier alpha value is -2.02. The van der Waals surface area contributed by atoms with Gasteiger partial charge in [0.1, 0.15) is 11.5 Å². The molecule has 106 valence electrons. The van der Waals surface area contributed by atoms with E-state index in [0.29, 0.717) is 12.6 Å². The van der Waals surface area contributed by atoms with Crippen LogP contribution in [0.25, 0.3) is 0 Å². The quantitative estimate of drug-likeness (QED) is 0.667. The number of hydrogen-bond acceptors (Lipinski definition) is 4. The molecule has 0 aliphatic rings. The molecule has 0 fully saturated rings. The number of rotatable bonds is 5. The molecule has 0 saturated carbocycles. The second-order valence-electron chi connectivity index (χ2n) is 4.12. The lowest BCUT2D eigenvalue weighted by Gasteiger charge is -2.08. The van der Waals surface area contributed by atoms with E-state index >= 15 is 0 Å². The average molecular weight is 298 g/mol. The lowest BCUT2D eigenvalue weighted by Crippen LogP contribution is -2.05. The van der Waals surface area contributed by atoms with Crippen LogP contribution in [-0.2, 0) is 13.0 Å². The standard InChI is InChI=1S/C13H12F2N2O2S/c1-2-8-3-4-20-12(8)7-16-11-6-9(14)5-10(15)13(11)17(18)19/h3-6,16H,2,7H2,1H3. The van der Waals surface area contributed by atoms with Gasteiger partial charge in [-0.05, 0) is 23.4 Å². The zero-order valence-electron chi connectivity index (χ0n) is 10.7. The molecule has 0 atom stereocenters. The van der Waals surface area contributed by atoms with Crippen molar-refractivity contribution in [2.45, 2.75) is 19.9 Å². The van der Waals surface area contributed by atoms with Gasteiger partial charge in [-0.2, -0.15) is 4.39 Å². The predicted octanol–water partition coefficient (Wildman–Crippen LogP) is 4.11. The van der Waals surface area contributed by atoms with Crippen molar-refractivity contribution in [3.8, 4) is 0 Å². The molecule has 7 heteroatoms. The van der Waals surface area contributed by atoms with Gasteiger partial charge in [-0.15, -0.1) is 11.3 Å². The molecular formula is C13H12F2N2O2S. The first-order valence-electron chi connectivity index (χ1n) is 5.95. The number of nitro groups is 1. The molecule has 0 bridgehead atoms. The Balaban J connectivity index is 2.27. The van der Waals surface area contributed by atoms with E-state index in [4.69, 9.17) is 0 Å². The summed E-state index contributed by atoms with van der Waals surface area (Å²) in [5, 5.41) is 15.5. The summed E-state index contributed by atoms with van der Waals surface area (Å²) in [7, 11) is 0. The Bertz CT molecular complexity index is 643. The molecule has 0 spiro atoms. The fourth-order valence-corrected chi connectivity index (χ4v) is 2.81. The van der Waals surface area contributed by atoms with Crippen molar-refractivity contribution in [2.24, 2.45) is 0 Å². The largest absolute Gasteiger partial charge is 0.374 e. The summed E-state index contributed by atoms with van der Waals surface area (Å²) >= 11 is 1.50. The molecule has 0 radical (unpaired) electrons. The Labute approximate surface area is 118 Å². The first-order chi connectivity index (χ1) is 9.52. The van der Waals surface area contributed by atoms with Crippen LogP contribution in [0.5, 0.6) is 0 Å². The van der Waals surface area contributed by atoms with E-state index in [9.17, 15) is 18.9 Å². The molecular weight excluding hydrogens is 286 g/mol. The fourth-order valence-electron chi connectivity index (χ4n) is 1.90. The highest BCUT2D eigenvalue weighted by molar-refractivity contribution is 7.10. The van der Waals surface area contributed by atoms with Crippen LogP contribution in [0.1, 0.15) is 17.4 Å². The van der Waals surface area contributed by atoms with Crippen molar-refractivity contribution in [3.63, 3.8) is 0 Å². The van der Waals surface area contributed by atoms with E-state index in [-0.39, 0.29) is 5.69 Å². The maximum atomic E-state index is 13.5. The summed E-state index contributed by atoms with van der Waals surface area (Å²) in [6, 6.07) is 3.40. The first kappa shape index (κ1) is 14.4. The highest BCUT2D eigenvalue weighted by atomic mass is 32.1. The summed E-state index contributed by atoms with van der Waals surface area (Å²) in [4.78, 5) is 11.0. The molecule has 1 heterocycles. The summed E-state index contributed by atoms with van der Waals surface area (Å²) in [5.41, 5.74) is 0.228. The van der Waals surface area contributed by atoms with Gasteiger partial charge >= 0.3 is 5.69 Å². The number of halogens is 2. The fraction of sp³-hybridized carbons (Fsp3) is 0.231. The number of hydrogen-bond donors (Lipinski definition) is 1. The van der Waals surface area contributed by atoms with Gasteiger partial charge in [-0.1, -0.05) is 6.92 Å².